The molecule has 3 amide bonds. The number of rotatable bonds is 9. The van der Waals surface area contributed by atoms with Gasteiger partial charge in [0.05, 0.1) is 11.8 Å². The van der Waals surface area contributed by atoms with Gasteiger partial charge < -0.3 is 29.6 Å². The van der Waals surface area contributed by atoms with Crippen LogP contribution in [0.15, 0.2) is 5.29 Å². The molecule has 14 nitrogen and oxygen atoms in total. The second kappa shape index (κ2) is 12.8. The molecule has 5 atom stereocenters. The minimum Gasteiger partial charge on any atom is -0.463 e. The van der Waals surface area contributed by atoms with Crippen molar-refractivity contribution in [1.29, 1.82) is 0 Å². The van der Waals surface area contributed by atoms with Crippen LogP contribution in [0, 0.1) is 4.91 Å². The number of amides is 3. The third-order valence-corrected chi connectivity index (χ3v) is 4.18. The standard InChI is InChI=1S/C17H25ClN4O10/c1-8(23)19-13-15(31-11(4)26)14(30-10(3)25)12(7-29-9(2)24)32-16(13)20-17(27)22(21-28)6-5-18/h12-16H,5-7H2,1-4H3,(H,19,23)(H,20,27)/t12-,13+,14-,15-,16-/m1/s1. The van der Waals surface area contributed by atoms with Gasteiger partial charge in [0.15, 0.2) is 18.4 Å². The first kappa shape index (κ1) is 27.0. The smallest absolute Gasteiger partial charge is 0.342 e. The van der Waals surface area contributed by atoms with Crippen LogP contribution in [-0.4, -0.2) is 84.5 Å². The van der Waals surface area contributed by atoms with Gasteiger partial charge in [-0.15, -0.1) is 16.5 Å². The van der Waals surface area contributed by atoms with Crippen molar-refractivity contribution in [2.45, 2.75) is 58.3 Å². The lowest BCUT2D eigenvalue weighted by Gasteiger charge is -2.45. The van der Waals surface area contributed by atoms with Crippen molar-refractivity contribution in [3.63, 3.8) is 0 Å². The van der Waals surface area contributed by atoms with Gasteiger partial charge in [0.1, 0.15) is 18.8 Å². The summed E-state index contributed by atoms with van der Waals surface area (Å²) in [6.45, 7) is 3.79. The normalized spacial score (nSPS) is 24.5. The third kappa shape index (κ3) is 8.26. The van der Waals surface area contributed by atoms with Gasteiger partial charge in [-0.05, 0) is 0 Å². The zero-order valence-corrected chi connectivity index (χ0v) is 18.6. The highest BCUT2D eigenvalue weighted by molar-refractivity contribution is 6.18. The average Bonchev–Trinajstić information content (AvgIpc) is 2.67. The number of alkyl halides is 1. The topological polar surface area (TPSA) is 179 Å². The lowest BCUT2D eigenvalue weighted by Crippen LogP contribution is -2.70. The number of carbonyl (C=O) groups is 5. The molecule has 2 N–H and O–H groups in total. The fourth-order valence-electron chi connectivity index (χ4n) is 2.91. The van der Waals surface area contributed by atoms with Crippen LogP contribution in [0.3, 0.4) is 0 Å². The molecule has 1 fully saturated rings. The minimum absolute atomic E-state index is 0.0977. The van der Waals surface area contributed by atoms with E-state index in [-0.39, 0.29) is 12.4 Å². The maximum Gasteiger partial charge on any atom is 0.342 e. The Labute approximate surface area is 188 Å². The van der Waals surface area contributed by atoms with E-state index in [1.54, 1.807) is 0 Å². The number of ether oxygens (including phenoxy) is 4. The molecule has 0 aromatic rings. The molecule has 1 rings (SSSR count). The monoisotopic (exact) mass is 480 g/mol. The van der Waals surface area contributed by atoms with E-state index in [1.165, 1.54) is 0 Å². The van der Waals surface area contributed by atoms with Crippen LogP contribution < -0.4 is 10.6 Å². The highest BCUT2D eigenvalue weighted by atomic mass is 35.5. The highest BCUT2D eigenvalue weighted by Crippen LogP contribution is 2.26. The Morgan fingerprint density at radius 3 is 2.03 bits per heavy atom. The van der Waals surface area contributed by atoms with Crippen LogP contribution >= 0.6 is 11.6 Å². The minimum atomic E-state index is -1.41. The van der Waals surface area contributed by atoms with Gasteiger partial charge >= 0.3 is 23.9 Å². The van der Waals surface area contributed by atoms with Crippen molar-refractivity contribution in [1.82, 2.24) is 15.6 Å². The van der Waals surface area contributed by atoms with Gasteiger partial charge in [-0.2, -0.15) is 5.01 Å². The molecule has 1 aliphatic heterocycles. The molecule has 0 unspecified atom stereocenters. The molecule has 0 spiro atoms. The number of nitroso groups, excluding NO2 is 1. The Kier molecular flexibility index (Phi) is 10.8. The lowest BCUT2D eigenvalue weighted by atomic mass is 9.95. The second-order valence-corrected chi connectivity index (χ2v) is 6.99. The summed E-state index contributed by atoms with van der Waals surface area (Å²) < 4.78 is 21.2. The summed E-state index contributed by atoms with van der Waals surface area (Å²) in [6, 6.07) is -2.29. The first-order valence-corrected chi connectivity index (χ1v) is 9.91. The molecule has 0 bridgehead atoms. The van der Waals surface area contributed by atoms with E-state index < -0.39 is 67.0 Å². The predicted molar refractivity (Wildman–Crippen MR) is 106 cm³/mol. The molecule has 0 aromatic heterocycles. The molecule has 180 valence electrons. The Bertz CT molecular complexity index is 736. The van der Waals surface area contributed by atoms with E-state index in [0.717, 1.165) is 27.7 Å². The van der Waals surface area contributed by atoms with Crippen LogP contribution in [-0.2, 0) is 38.1 Å². The molecule has 0 saturated carbocycles. The van der Waals surface area contributed by atoms with Gasteiger partial charge in [0.25, 0.3) is 0 Å². The van der Waals surface area contributed by atoms with Crippen molar-refractivity contribution < 1.29 is 42.9 Å². The van der Waals surface area contributed by atoms with Gasteiger partial charge in [0, 0.05) is 33.6 Å². The van der Waals surface area contributed by atoms with Gasteiger partial charge in [-0.3, -0.25) is 19.2 Å². The summed E-state index contributed by atoms with van der Waals surface area (Å²) in [5.41, 5.74) is 0. The molecule has 0 aliphatic carbocycles. The van der Waals surface area contributed by atoms with Crippen LogP contribution in [0.5, 0.6) is 0 Å². The van der Waals surface area contributed by atoms with Crippen LogP contribution in [0.1, 0.15) is 27.7 Å². The number of hydrogen-bond acceptors (Lipinski definition) is 11. The number of nitrogens with zero attached hydrogens (tertiary/aromatic N) is 2. The second-order valence-electron chi connectivity index (χ2n) is 6.62. The summed E-state index contributed by atoms with van der Waals surface area (Å²) in [5, 5.41) is 7.82. The van der Waals surface area contributed by atoms with E-state index in [9.17, 15) is 28.9 Å². The first-order valence-electron chi connectivity index (χ1n) is 9.37. The Hall–Kier alpha value is -3.00. The van der Waals surface area contributed by atoms with Crippen molar-refractivity contribution in [3.05, 3.63) is 4.91 Å². The van der Waals surface area contributed by atoms with Crippen molar-refractivity contribution in [2.24, 2.45) is 5.29 Å². The number of urea groups is 1. The van der Waals surface area contributed by atoms with Crippen LogP contribution in [0.25, 0.3) is 0 Å². The Morgan fingerprint density at radius 2 is 1.56 bits per heavy atom. The van der Waals surface area contributed by atoms with Crippen LogP contribution in [0.2, 0.25) is 0 Å². The lowest BCUT2D eigenvalue weighted by molar-refractivity contribution is -0.226. The largest absolute Gasteiger partial charge is 0.463 e. The predicted octanol–water partition coefficient (Wildman–Crippen LogP) is -0.426. The van der Waals surface area contributed by atoms with E-state index >= 15 is 0 Å². The fraction of sp³-hybridized carbons (Fsp3) is 0.706. The maximum atomic E-state index is 12.4. The van der Waals surface area contributed by atoms with Crippen LogP contribution in [0.4, 0.5) is 4.79 Å². The average molecular weight is 481 g/mol. The van der Waals surface area contributed by atoms with E-state index in [2.05, 4.69) is 15.9 Å². The van der Waals surface area contributed by atoms with Crippen molar-refractivity contribution in [3.8, 4) is 0 Å². The zero-order valence-electron chi connectivity index (χ0n) is 17.9. The molecule has 1 aliphatic rings. The third-order valence-electron chi connectivity index (χ3n) is 4.01. The molecule has 0 aromatic carbocycles. The summed E-state index contributed by atoms with van der Waals surface area (Å²) >= 11 is 5.54. The molecular weight excluding hydrogens is 456 g/mol. The molecular formula is C17H25ClN4O10. The molecule has 1 heterocycles. The molecule has 32 heavy (non-hydrogen) atoms. The van der Waals surface area contributed by atoms with Crippen molar-refractivity contribution in [2.75, 3.05) is 19.0 Å². The molecule has 0 radical (unpaired) electrons. The fourth-order valence-corrected chi connectivity index (χ4v) is 3.07. The van der Waals surface area contributed by atoms with E-state index in [4.69, 9.17) is 30.5 Å². The SMILES string of the molecule is CC(=O)N[C@H]1[C@@H](OC(C)=O)[C@H](OC(C)=O)[C@@H](COC(C)=O)O[C@H]1NC(=O)N(CCCl)N=O. The quantitative estimate of drug-likeness (QED) is 0.144. The van der Waals surface area contributed by atoms with Gasteiger partial charge in [0.2, 0.25) is 5.91 Å². The number of hydrogen-bond donors (Lipinski definition) is 2. The number of carbonyl (C=O) groups excluding carboxylic acids is 5. The van der Waals surface area contributed by atoms with E-state index in [1.807, 2.05) is 0 Å². The van der Waals surface area contributed by atoms with E-state index in [0.29, 0.717) is 5.01 Å². The molecule has 15 heteroatoms. The molecule has 1 saturated heterocycles. The number of halogens is 1. The summed E-state index contributed by atoms with van der Waals surface area (Å²) in [7, 11) is 0. The number of nitrogens with one attached hydrogen (secondary N) is 2. The maximum absolute atomic E-state index is 12.4. The van der Waals surface area contributed by atoms with Gasteiger partial charge in [-0.25, -0.2) is 4.79 Å². The first-order chi connectivity index (χ1) is 15.0. The highest BCUT2D eigenvalue weighted by Gasteiger charge is 2.51. The number of esters is 3. The summed E-state index contributed by atoms with van der Waals surface area (Å²) in [5.74, 6) is -2.94. The Balaban J connectivity index is 3.36. The van der Waals surface area contributed by atoms with Crippen molar-refractivity contribution >= 4 is 41.4 Å². The van der Waals surface area contributed by atoms with Gasteiger partial charge in [-0.1, -0.05) is 0 Å². The summed E-state index contributed by atoms with van der Waals surface area (Å²) in [6.07, 6.45) is -5.30. The zero-order chi connectivity index (χ0) is 24.4. The summed E-state index contributed by atoms with van der Waals surface area (Å²) in [4.78, 5) is 69.8. The Morgan fingerprint density at radius 1 is 0.969 bits per heavy atom.